The number of hydrogen-bond acceptors (Lipinski definition) is 4. The number of aromatic nitrogens is 1. The van der Waals surface area contributed by atoms with Gasteiger partial charge < -0.3 is 15.2 Å². The van der Waals surface area contributed by atoms with Crippen molar-refractivity contribution in [3.63, 3.8) is 0 Å². The molecule has 1 unspecified atom stereocenters. The molecule has 0 spiro atoms. The Kier molecular flexibility index (Phi) is 9.65. The molecule has 0 radical (unpaired) electrons. The van der Waals surface area contributed by atoms with Crippen LogP contribution in [0, 0.1) is 0 Å². The highest BCUT2D eigenvalue weighted by Gasteiger charge is 2.30. The predicted octanol–water partition coefficient (Wildman–Crippen LogP) is 6.67. The van der Waals surface area contributed by atoms with E-state index in [0.29, 0.717) is 22.6 Å². The Hall–Kier alpha value is -3.88. The Morgan fingerprint density at radius 2 is 1.81 bits per heavy atom. The van der Waals surface area contributed by atoms with Crippen LogP contribution in [0.25, 0.3) is 11.3 Å². The van der Waals surface area contributed by atoms with Gasteiger partial charge in [0.1, 0.15) is 11.9 Å². The lowest BCUT2D eigenvalue weighted by atomic mass is 10.0. The molecular weight excluding hydrogens is 485 g/mol. The molecule has 1 amide bonds. The van der Waals surface area contributed by atoms with E-state index in [4.69, 9.17) is 9.84 Å². The smallest absolute Gasteiger partial charge is 0.416 e. The molecular formula is C28H29F3N2O4. The fraction of sp³-hybridized carbons (Fsp3) is 0.321. The number of aliphatic carboxylic acids is 1. The summed E-state index contributed by atoms with van der Waals surface area (Å²) in [6, 6.07) is 15.1. The molecule has 0 aliphatic carbocycles. The van der Waals surface area contributed by atoms with Crippen LogP contribution >= 0.6 is 0 Å². The average molecular weight is 515 g/mol. The molecule has 0 aliphatic heterocycles. The molecule has 3 aromatic rings. The van der Waals surface area contributed by atoms with Crippen LogP contribution in [0.3, 0.4) is 0 Å². The number of hydrogen-bond donors (Lipinski definition) is 2. The fourth-order valence-corrected chi connectivity index (χ4v) is 3.73. The van der Waals surface area contributed by atoms with Crippen molar-refractivity contribution in [1.29, 1.82) is 0 Å². The van der Waals surface area contributed by atoms with E-state index in [1.807, 2.05) is 6.07 Å². The van der Waals surface area contributed by atoms with E-state index in [9.17, 15) is 22.8 Å². The van der Waals surface area contributed by atoms with Crippen molar-refractivity contribution in [3.05, 3.63) is 83.6 Å². The Morgan fingerprint density at radius 3 is 2.43 bits per heavy atom. The molecule has 0 saturated carbocycles. The van der Waals surface area contributed by atoms with Gasteiger partial charge in [0.25, 0.3) is 5.91 Å². The minimum atomic E-state index is -4.43. The van der Waals surface area contributed by atoms with Crippen LogP contribution in [-0.2, 0) is 11.0 Å². The zero-order valence-corrected chi connectivity index (χ0v) is 20.4. The van der Waals surface area contributed by atoms with E-state index in [1.54, 1.807) is 42.6 Å². The minimum Gasteiger partial charge on any atom is -0.486 e. The SMILES string of the molecule is CCCCCC(Oc1ccc(C(=O)NCCC(=O)O)cc1)c1ccc(-c2cccc(C(F)(F)F)c2)nc1. The maximum Gasteiger partial charge on any atom is 0.416 e. The van der Waals surface area contributed by atoms with Crippen LogP contribution in [0.4, 0.5) is 13.2 Å². The summed E-state index contributed by atoms with van der Waals surface area (Å²) >= 11 is 0. The topological polar surface area (TPSA) is 88.5 Å². The number of rotatable bonds is 12. The van der Waals surface area contributed by atoms with Gasteiger partial charge in [-0.1, -0.05) is 38.0 Å². The van der Waals surface area contributed by atoms with E-state index in [0.717, 1.165) is 43.4 Å². The highest BCUT2D eigenvalue weighted by Crippen LogP contribution is 2.32. The van der Waals surface area contributed by atoms with Crippen molar-refractivity contribution in [2.75, 3.05) is 6.54 Å². The summed E-state index contributed by atoms with van der Waals surface area (Å²) in [6.07, 6.45) is 0.392. The van der Waals surface area contributed by atoms with Crippen LogP contribution in [0.2, 0.25) is 0 Å². The van der Waals surface area contributed by atoms with Gasteiger partial charge in [-0.15, -0.1) is 0 Å². The first kappa shape index (κ1) is 27.7. The van der Waals surface area contributed by atoms with Gasteiger partial charge in [0, 0.05) is 29.4 Å². The van der Waals surface area contributed by atoms with Gasteiger partial charge in [-0.2, -0.15) is 13.2 Å². The fourth-order valence-electron chi connectivity index (χ4n) is 3.73. The summed E-state index contributed by atoms with van der Waals surface area (Å²) < 4.78 is 45.4. The molecule has 0 aliphatic rings. The van der Waals surface area contributed by atoms with Gasteiger partial charge in [0.15, 0.2) is 0 Å². The molecule has 3 rings (SSSR count). The first-order valence-corrected chi connectivity index (χ1v) is 12.1. The minimum absolute atomic E-state index is 0.0371. The molecule has 6 nitrogen and oxygen atoms in total. The first-order valence-electron chi connectivity index (χ1n) is 12.1. The second-order valence-corrected chi connectivity index (χ2v) is 8.58. The number of nitrogens with one attached hydrogen (secondary N) is 1. The maximum atomic E-state index is 13.1. The van der Waals surface area contributed by atoms with Gasteiger partial charge in [0.2, 0.25) is 0 Å². The number of carbonyl (C=O) groups is 2. The summed E-state index contributed by atoms with van der Waals surface area (Å²) in [7, 11) is 0. The van der Waals surface area contributed by atoms with Crippen molar-refractivity contribution in [1.82, 2.24) is 10.3 Å². The van der Waals surface area contributed by atoms with Gasteiger partial charge in [-0.3, -0.25) is 14.6 Å². The molecule has 196 valence electrons. The Morgan fingerprint density at radius 1 is 1.05 bits per heavy atom. The van der Waals surface area contributed by atoms with E-state index in [-0.39, 0.29) is 25.0 Å². The second-order valence-electron chi connectivity index (χ2n) is 8.58. The van der Waals surface area contributed by atoms with Crippen molar-refractivity contribution >= 4 is 11.9 Å². The molecule has 2 aromatic carbocycles. The molecule has 37 heavy (non-hydrogen) atoms. The monoisotopic (exact) mass is 514 g/mol. The number of carboxylic acids is 1. The Balaban J connectivity index is 1.73. The summed E-state index contributed by atoms with van der Waals surface area (Å²) in [5, 5.41) is 11.2. The lowest BCUT2D eigenvalue weighted by molar-refractivity contribution is -0.138. The molecule has 9 heteroatoms. The number of nitrogens with zero attached hydrogens (tertiary/aromatic N) is 1. The third-order valence-corrected chi connectivity index (χ3v) is 5.73. The largest absolute Gasteiger partial charge is 0.486 e. The van der Waals surface area contributed by atoms with Crippen molar-refractivity contribution in [3.8, 4) is 17.0 Å². The molecule has 0 bridgehead atoms. The summed E-state index contributed by atoms with van der Waals surface area (Å²) in [4.78, 5) is 27.2. The summed E-state index contributed by atoms with van der Waals surface area (Å²) in [6.45, 7) is 2.14. The molecule has 1 heterocycles. The summed E-state index contributed by atoms with van der Waals surface area (Å²) in [5.41, 5.74) is 1.26. The molecule has 0 saturated heterocycles. The highest BCUT2D eigenvalue weighted by atomic mass is 19.4. The van der Waals surface area contributed by atoms with Crippen molar-refractivity contribution in [2.45, 2.75) is 51.3 Å². The zero-order valence-electron chi connectivity index (χ0n) is 20.4. The maximum absolute atomic E-state index is 13.1. The number of carboxylic acid groups (broad SMARTS) is 1. The van der Waals surface area contributed by atoms with E-state index in [1.165, 1.54) is 6.07 Å². The number of carbonyl (C=O) groups excluding carboxylic acids is 1. The lowest BCUT2D eigenvalue weighted by Crippen LogP contribution is -2.25. The highest BCUT2D eigenvalue weighted by molar-refractivity contribution is 5.94. The summed E-state index contributed by atoms with van der Waals surface area (Å²) in [5.74, 6) is -0.817. The average Bonchev–Trinajstić information content (AvgIpc) is 2.88. The van der Waals surface area contributed by atoms with Crippen LogP contribution in [-0.4, -0.2) is 28.5 Å². The molecule has 1 atom stereocenters. The Bertz CT molecular complexity index is 1180. The quantitative estimate of drug-likeness (QED) is 0.264. The zero-order chi connectivity index (χ0) is 26.8. The van der Waals surface area contributed by atoms with Crippen LogP contribution in [0.5, 0.6) is 5.75 Å². The Labute approximate surface area is 213 Å². The number of benzene rings is 2. The first-order chi connectivity index (χ1) is 17.7. The third-order valence-electron chi connectivity index (χ3n) is 5.73. The second kappa shape index (κ2) is 12.9. The van der Waals surface area contributed by atoms with Gasteiger partial charge >= 0.3 is 12.1 Å². The van der Waals surface area contributed by atoms with Crippen LogP contribution in [0.15, 0.2) is 66.9 Å². The third kappa shape index (κ3) is 8.34. The van der Waals surface area contributed by atoms with Gasteiger partial charge in [-0.25, -0.2) is 0 Å². The van der Waals surface area contributed by atoms with Crippen molar-refractivity contribution < 1.29 is 32.6 Å². The number of unbranched alkanes of at least 4 members (excludes halogenated alkanes) is 2. The predicted molar refractivity (Wildman–Crippen MR) is 133 cm³/mol. The van der Waals surface area contributed by atoms with Gasteiger partial charge in [-0.05, 0) is 55.3 Å². The number of ether oxygens (including phenoxy) is 1. The molecule has 2 N–H and O–H groups in total. The molecule has 1 aromatic heterocycles. The number of amides is 1. The number of halogens is 3. The van der Waals surface area contributed by atoms with Crippen LogP contribution < -0.4 is 10.1 Å². The molecule has 0 fully saturated rings. The lowest BCUT2D eigenvalue weighted by Gasteiger charge is -2.20. The normalized spacial score (nSPS) is 12.1. The van der Waals surface area contributed by atoms with E-state index >= 15 is 0 Å². The van der Waals surface area contributed by atoms with Gasteiger partial charge in [0.05, 0.1) is 17.7 Å². The van der Waals surface area contributed by atoms with E-state index < -0.39 is 17.7 Å². The number of pyridine rings is 1. The standard InChI is InChI=1S/C28H29F3N2O4/c1-2-3-4-8-25(37-23-12-9-19(10-13-23)27(36)32-16-15-26(34)35)21-11-14-24(33-18-21)20-6-5-7-22(17-20)28(29,30)31/h5-7,9-14,17-18,25H,2-4,8,15-16H2,1H3,(H,32,36)(H,34,35). The number of alkyl halides is 3. The van der Waals surface area contributed by atoms with Crippen molar-refractivity contribution in [2.24, 2.45) is 0 Å². The van der Waals surface area contributed by atoms with E-state index in [2.05, 4.69) is 17.2 Å². The van der Waals surface area contributed by atoms with Crippen LogP contribution in [0.1, 0.15) is 66.6 Å².